The van der Waals surface area contributed by atoms with Gasteiger partial charge in [0.05, 0.1) is 5.69 Å². The van der Waals surface area contributed by atoms with Crippen LogP contribution in [0.25, 0.3) is 0 Å². The highest BCUT2D eigenvalue weighted by Crippen LogP contribution is 2.17. The molecule has 0 unspecified atom stereocenters. The number of carbonyl (C=O) groups excluding carboxylic acids is 1. The van der Waals surface area contributed by atoms with Crippen LogP contribution in [0, 0.1) is 0 Å². The Bertz CT molecular complexity index is 332. The van der Waals surface area contributed by atoms with Crippen LogP contribution in [-0.2, 0) is 4.79 Å². The van der Waals surface area contributed by atoms with Crippen molar-refractivity contribution in [3.63, 3.8) is 0 Å². The number of para-hydroxylation sites is 1. The summed E-state index contributed by atoms with van der Waals surface area (Å²) in [6.45, 7) is 0.804. The van der Waals surface area contributed by atoms with Crippen molar-refractivity contribution in [3.05, 3.63) is 30.3 Å². The fourth-order valence-corrected chi connectivity index (χ4v) is 1.34. The third-order valence-electron chi connectivity index (χ3n) is 2.02. The predicted octanol–water partition coefficient (Wildman–Crippen LogP) is 1.45. The summed E-state index contributed by atoms with van der Waals surface area (Å²) in [7, 11) is 0. The summed E-state index contributed by atoms with van der Waals surface area (Å²) in [5.41, 5.74) is 1.67. The van der Waals surface area contributed by atoms with Crippen molar-refractivity contribution in [2.24, 2.45) is 5.10 Å². The summed E-state index contributed by atoms with van der Waals surface area (Å²) in [5.74, 6) is 0. The van der Waals surface area contributed by atoms with Crippen LogP contribution in [0.15, 0.2) is 35.4 Å². The largest absolute Gasteiger partial charge is 0.296 e. The molecule has 0 amide bonds. The zero-order chi connectivity index (χ0) is 9.10. The van der Waals surface area contributed by atoms with Crippen molar-refractivity contribution >= 4 is 17.7 Å². The number of hydrogen-bond donors (Lipinski definition) is 0. The van der Waals surface area contributed by atoms with Crippen LogP contribution in [0.5, 0.6) is 0 Å². The van der Waals surface area contributed by atoms with E-state index in [1.807, 2.05) is 35.3 Å². The lowest BCUT2D eigenvalue weighted by Gasteiger charge is -2.12. The molecule has 0 saturated carbocycles. The molecule has 1 aliphatic rings. The second-order valence-corrected chi connectivity index (χ2v) is 2.92. The van der Waals surface area contributed by atoms with E-state index in [1.54, 1.807) is 0 Å². The number of nitrogens with zero attached hydrogens (tertiary/aromatic N) is 2. The number of anilines is 1. The molecule has 1 aliphatic heterocycles. The van der Waals surface area contributed by atoms with Crippen molar-refractivity contribution in [2.45, 2.75) is 6.42 Å². The number of hydrogen-bond acceptors (Lipinski definition) is 3. The van der Waals surface area contributed by atoms with Gasteiger partial charge in [-0.1, -0.05) is 18.2 Å². The van der Waals surface area contributed by atoms with Crippen LogP contribution >= 0.6 is 0 Å². The molecule has 3 nitrogen and oxygen atoms in total. The number of aldehydes is 1. The number of carbonyl (C=O) groups is 1. The zero-order valence-electron chi connectivity index (χ0n) is 7.18. The van der Waals surface area contributed by atoms with Gasteiger partial charge >= 0.3 is 0 Å². The van der Waals surface area contributed by atoms with Gasteiger partial charge in [-0.25, -0.2) is 0 Å². The van der Waals surface area contributed by atoms with Gasteiger partial charge in [0.15, 0.2) is 6.29 Å². The molecule has 0 aliphatic carbocycles. The average molecular weight is 174 g/mol. The van der Waals surface area contributed by atoms with Crippen LogP contribution in [0.2, 0.25) is 0 Å². The van der Waals surface area contributed by atoms with E-state index in [-0.39, 0.29) is 0 Å². The van der Waals surface area contributed by atoms with E-state index in [9.17, 15) is 4.79 Å². The second-order valence-electron chi connectivity index (χ2n) is 2.92. The molecule has 2 rings (SSSR count). The van der Waals surface area contributed by atoms with Gasteiger partial charge in [-0.2, -0.15) is 5.10 Å². The summed E-state index contributed by atoms with van der Waals surface area (Å²) in [6, 6.07) is 9.85. The quantitative estimate of drug-likeness (QED) is 0.636. The summed E-state index contributed by atoms with van der Waals surface area (Å²) in [6.07, 6.45) is 1.57. The number of benzene rings is 1. The van der Waals surface area contributed by atoms with E-state index in [2.05, 4.69) is 5.10 Å². The molecule has 66 valence electrons. The fraction of sp³-hybridized carbons (Fsp3) is 0.200. The first-order valence-electron chi connectivity index (χ1n) is 4.25. The molecule has 0 fully saturated rings. The molecule has 0 bridgehead atoms. The summed E-state index contributed by atoms with van der Waals surface area (Å²) >= 11 is 0. The van der Waals surface area contributed by atoms with E-state index in [4.69, 9.17) is 0 Å². The van der Waals surface area contributed by atoms with E-state index < -0.39 is 0 Å². The maximum atomic E-state index is 10.4. The van der Waals surface area contributed by atoms with Gasteiger partial charge in [-0.05, 0) is 12.1 Å². The highest BCUT2D eigenvalue weighted by Gasteiger charge is 2.14. The van der Waals surface area contributed by atoms with Crippen molar-refractivity contribution in [1.82, 2.24) is 0 Å². The van der Waals surface area contributed by atoms with Gasteiger partial charge in [-0.3, -0.25) is 9.80 Å². The highest BCUT2D eigenvalue weighted by molar-refractivity contribution is 6.29. The fourth-order valence-electron chi connectivity index (χ4n) is 1.34. The van der Waals surface area contributed by atoms with E-state index in [0.29, 0.717) is 5.71 Å². The average Bonchev–Trinajstić information content (AvgIpc) is 2.67. The number of hydrazone groups is 1. The van der Waals surface area contributed by atoms with Crippen LogP contribution in [0.4, 0.5) is 5.69 Å². The summed E-state index contributed by atoms with van der Waals surface area (Å²) in [4.78, 5) is 10.4. The lowest BCUT2D eigenvalue weighted by Crippen LogP contribution is -2.11. The second kappa shape index (κ2) is 3.39. The van der Waals surface area contributed by atoms with Crippen molar-refractivity contribution < 1.29 is 4.79 Å². The van der Waals surface area contributed by atoms with Gasteiger partial charge in [0.1, 0.15) is 5.71 Å². The maximum absolute atomic E-state index is 10.4. The number of rotatable bonds is 2. The van der Waals surface area contributed by atoms with Crippen LogP contribution in [0.3, 0.4) is 0 Å². The summed E-state index contributed by atoms with van der Waals surface area (Å²) < 4.78 is 0. The lowest BCUT2D eigenvalue weighted by atomic mass is 10.3. The topological polar surface area (TPSA) is 32.7 Å². The van der Waals surface area contributed by atoms with E-state index in [1.165, 1.54) is 0 Å². The lowest BCUT2D eigenvalue weighted by molar-refractivity contribution is -0.102. The molecule has 0 spiro atoms. The highest BCUT2D eigenvalue weighted by atomic mass is 16.1. The molecule has 1 aromatic rings. The van der Waals surface area contributed by atoms with Crippen LogP contribution in [-0.4, -0.2) is 18.5 Å². The predicted molar refractivity (Wildman–Crippen MR) is 51.9 cm³/mol. The normalized spacial score (nSPS) is 15.7. The van der Waals surface area contributed by atoms with Gasteiger partial charge in [-0.15, -0.1) is 0 Å². The molecule has 1 aromatic carbocycles. The maximum Gasteiger partial charge on any atom is 0.166 e. The molecule has 1 heterocycles. The Balaban J connectivity index is 2.21. The molecular formula is C10H10N2O. The van der Waals surface area contributed by atoms with E-state index >= 15 is 0 Å². The van der Waals surface area contributed by atoms with Gasteiger partial charge in [0.25, 0.3) is 0 Å². The van der Waals surface area contributed by atoms with Crippen LogP contribution in [0.1, 0.15) is 6.42 Å². The van der Waals surface area contributed by atoms with Crippen molar-refractivity contribution in [1.29, 1.82) is 0 Å². The Hall–Kier alpha value is -1.64. The first-order chi connectivity index (χ1) is 6.40. The molecule has 0 aromatic heterocycles. The molecular weight excluding hydrogens is 164 g/mol. The first-order valence-corrected chi connectivity index (χ1v) is 4.25. The molecule has 0 atom stereocenters. The molecule has 13 heavy (non-hydrogen) atoms. The van der Waals surface area contributed by atoms with Crippen molar-refractivity contribution in [3.8, 4) is 0 Å². The SMILES string of the molecule is O=CC1=NN(c2ccccc2)CC1. The van der Waals surface area contributed by atoms with Gasteiger partial charge in [0, 0.05) is 13.0 Å². The minimum Gasteiger partial charge on any atom is -0.296 e. The minimum absolute atomic E-state index is 0.629. The standard InChI is InChI=1S/C10H10N2O/c13-8-9-6-7-12(11-9)10-4-2-1-3-5-10/h1-5,8H,6-7H2. The molecule has 0 N–H and O–H groups in total. The first kappa shape index (κ1) is 7.98. The Labute approximate surface area is 76.7 Å². The van der Waals surface area contributed by atoms with E-state index in [0.717, 1.165) is 24.9 Å². The Morgan fingerprint density at radius 1 is 1.31 bits per heavy atom. The Morgan fingerprint density at radius 3 is 2.69 bits per heavy atom. The Morgan fingerprint density at radius 2 is 2.08 bits per heavy atom. The van der Waals surface area contributed by atoms with Crippen molar-refractivity contribution in [2.75, 3.05) is 11.6 Å². The zero-order valence-corrected chi connectivity index (χ0v) is 7.18. The minimum atomic E-state index is 0.629. The van der Waals surface area contributed by atoms with Gasteiger partial charge < -0.3 is 0 Å². The Kier molecular flexibility index (Phi) is 2.08. The molecule has 3 heteroatoms. The molecule has 0 radical (unpaired) electrons. The summed E-state index contributed by atoms with van der Waals surface area (Å²) in [5, 5.41) is 6.01. The third-order valence-corrected chi connectivity index (χ3v) is 2.02. The monoisotopic (exact) mass is 174 g/mol. The van der Waals surface area contributed by atoms with Gasteiger partial charge in [0.2, 0.25) is 0 Å². The third kappa shape index (κ3) is 1.59. The molecule has 0 saturated heterocycles. The smallest absolute Gasteiger partial charge is 0.166 e. The van der Waals surface area contributed by atoms with Crippen LogP contribution < -0.4 is 5.01 Å².